The van der Waals surface area contributed by atoms with Crippen molar-refractivity contribution in [1.82, 2.24) is 0 Å². The van der Waals surface area contributed by atoms with Crippen molar-refractivity contribution in [2.75, 3.05) is 24.7 Å². The largest absolute Gasteiger partial charge is 0.481 e. The van der Waals surface area contributed by atoms with Gasteiger partial charge in [0.05, 0.1) is 17.9 Å². The molecule has 0 atom stereocenters. The van der Waals surface area contributed by atoms with Crippen molar-refractivity contribution >= 4 is 15.8 Å². The monoisotopic (exact) mass is 278 g/mol. The van der Waals surface area contributed by atoms with Crippen LogP contribution in [0.15, 0.2) is 0 Å². The number of carboxylic acid groups (broad SMARTS) is 1. The topological polar surface area (TPSA) is 80.7 Å². The van der Waals surface area contributed by atoms with E-state index in [2.05, 4.69) is 4.74 Å². The van der Waals surface area contributed by atoms with Crippen LogP contribution in [-0.4, -0.2) is 50.4 Å². The minimum Gasteiger partial charge on any atom is -0.481 e. The number of aliphatic carboxylic acids is 1. The minimum atomic E-state index is -4.43. The maximum atomic E-state index is 11.6. The molecule has 0 heterocycles. The molecule has 0 aromatic heterocycles. The molecule has 0 rings (SSSR count). The average Bonchev–Trinajstić information content (AvgIpc) is 2.12. The molecule has 0 saturated heterocycles. The number of alkyl halides is 3. The van der Waals surface area contributed by atoms with Gasteiger partial charge >= 0.3 is 12.1 Å². The van der Waals surface area contributed by atoms with E-state index in [0.717, 1.165) is 0 Å². The standard InChI is InChI=1S/C8H13F3O5S/c9-8(10,11)6-16-3-1-4-17(14,15)5-2-7(12)13/h1-6H2,(H,12,13). The summed E-state index contributed by atoms with van der Waals surface area (Å²) in [4.78, 5) is 10.1. The van der Waals surface area contributed by atoms with Crippen LogP contribution in [0.3, 0.4) is 0 Å². The fourth-order valence-electron chi connectivity index (χ4n) is 0.914. The van der Waals surface area contributed by atoms with Gasteiger partial charge in [-0.1, -0.05) is 0 Å². The molecule has 0 spiro atoms. The molecule has 9 heteroatoms. The lowest BCUT2D eigenvalue weighted by atomic mass is 10.5. The van der Waals surface area contributed by atoms with E-state index >= 15 is 0 Å². The van der Waals surface area contributed by atoms with Gasteiger partial charge in [-0.05, 0) is 6.42 Å². The number of ether oxygens (including phenoxy) is 1. The van der Waals surface area contributed by atoms with Crippen LogP contribution < -0.4 is 0 Å². The fourth-order valence-corrected chi connectivity index (χ4v) is 2.16. The second kappa shape index (κ2) is 6.80. The number of hydrogen-bond donors (Lipinski definition) is 1. The lowest BCUT2D eigenvalue weighted by Gasteiger charge is -2.07. The molecule has 0 aromatic carbocycles. The number of rotatable bonds is 8. The van der Waals surface area contributed by atoms with Crippen LogP contribution in [0.1, 0.15) is 12.8 Å². The van der Waals surface area contributed by atoms with Crippen molar-refractivity contribution in [3.05, 3.63) is 0 Å². The zero-order valence-corrected chi connectivity index (χ0v) is 9.68. The Hall–Kier alpha value is -0.830. The predicted molar refractivity (Wildman–Crippen MR) is 52.4 cm³/mol. The lowest BCUT2D eigenvalue weighted by molar-refractivity contribution is -0.173. The van der Waals surface area contributed by atoms with E-state index in [1.807, 2.05) is 0 Å². The summed E-state index contributed by atoms with van der Waals surface area (Å²) in [6.07, 6.45) is -5.02. The Morgan fingerprint density at radius 1 is 1.24 bits per heavy atom. The van der Waals surface area contributed by atoms with Crippen molar-refractivity contribution in [3.63, 3.8) is 0 Å². The van der Waals surface area contributed by atoms with Crippen LogP contribution in [-0.2, 0) is 19.4 Å². The van der Waals surface area contributed by atoms with E-state index in [4.69, 9.17) is 5.11 Å². The van der Waals surface area contributed by atoms with E-state index in [9.17, 15) is 26.4 Å². The zero-order valence-electron chi connectivity index (χ0n) is 8.86. The molecule has 17 heavy (non-hydrogen) atoms. The highest BCUT2D eigenvalue weighted by Crippen LogP contribution is 2.14. The van der Waals surface area contributed by atoms with Crippen LogP contribution in [0.5, 0.6) is 0 Å². The molecule has 102 valence electrons. The van der Waals surface area contributed by atoms with Gasteiger partial charge in [0.15, 0.2) is 9.84 Å². The highest BCUT2D eigenvalue weighted by atomic mass is 32.2. The fraction of sp³-hybridized carbons (Fsp3) is 0.875. The van der Waals surface area contributed by atoms with Crippen LogP contribution >= 0.6 is 0 Å². The van der Waals surface area contributed by atoms with E-state index in [0.29, 0.717) is 0 Å². The summed E-state index contributed by atoms with van der Waals surface area (Å²) in [7, 11) is -3.53. The number of carboxylic acids is 1. The van der Waals surface area contributed by atoms with Gasteiger partial charge in [-0.15, -0.1) is 0 Å². The number of hydrogen-bond acceptors (Lipinski definition) is 4. The molecule has 0 aromatic rings. The van der Waals surface area contributed by atoms with Gasteiger partial charge in [0.25, 0.3) is 0 Å². The molecule has 0 aliphatic carbocycles. The molecule has 0 aliphatic heterocycles. The van der Waals surface area contributed by atoms with Crippen molar-refractivity contribution in [2.24, 2.45) is 0 Å². The van der Waals surface area contributed by atoms with Crippen LogP contribution in [0, 0.1) is 0 Å². The Balaban J connectivity index is 3.70. The molecule has 0 aliphatic rings. The normalized spacial score (nSPS) is 12.6. The first kappa shape index (κ1) is 16.2. The Labute approximate surface area is 96.5 Å². The lowest BCUT2D eigenvalue weighted by Crippen LogP contribution is -2.19. The van der Waals surface area contributed by atoms with E-state index < -0.39 is 40.8 Å². The zero-order chi connectivity index (χ0) is 13.5. The third-order valence-electron chi connectivity index (χ3n) is 1.64. The van der Waals surface area contributed by atoms with Crippen molar-refractivity contribution < 1.29 is 36.2 Å². The number of halogens is 3. The first-order valence-corrected chi connectivity index (χ1v) is 6.51. The summed E-state index contributed by atoms with van der Waals surface area (Å²) in [5.41, 5.74) is 0. The number of sulfone groups is 1. The molecular weight excluding hydrogens is 265 g/mol. The van der Waals surface area contributed by atoms with Gasteiger partial charge in [-0.25, -0.2) is 8.42 Å². The smallest absolute Gasteiger partial charge is 0.411 e. The van der Waals surface area contributed by atoms with Gasteiger partial charge in [0.2, 0.25) is 0 Å². The molecule has 0 fully saturated rings. The highest BCUT2D eigenvalue weighted by molar-refractivity contribution is 7.91. The minimum absolute atomic E-state index is 0.0853. The summed E-state index contributed by atoms with van der Waals surface area (Å²) in [6.45, 7) is -1.74. The second-order valence-corrected chi connectivity index (χ2v) is 5.62. The summed E-state index contributed by atoms with van der Waals surface area (Å²) < 4.78 is 61.4. The Kier molecular flexibility index (Phi) is 6.46. The maximum absolute atomic E-state index is 11.6. The van der Waals surface area contributed by atoms with Gasteiger partial charge in [0.1, 0.15) is 6.61 Å². The molecule has 0 unspecified atom stereocenters. The third-order valence-corrected chi connectivity index (χ3v) is 3.37. The van der Waals surface area contributed by atoms with Gasteiger partial charge < -0.3 is 9.84 Å². The van der Waals surface area contributed by atoms with Crippen LogP contribution in [0.4, 0.5) is 13.2 Å². The van der Waals surface area contributed by atoms with Gasteiger partial charge in [-0.3, -0.25) is 4.79 Å². The average molecular weight is 278 g/mol. The number of carbonyl (C=O) groups is 1. The van der Waals surface area contributed by atoms with Crippen LogP contribution in [0.25, 0.3) is 0 Å². The molecule has 1 N–H and O–H groups in total. The Morgan fingerprint density at radius 2 is 1.82 bits per heavy atom. The predicted octanol–water partition coefficient (Wildman–Crippen LogP) is 0.845. The Morgan fingerprint density at radius 3 is 2.29 bits per heavy atom. The quantitative estimate of drug-likeness (QED) is 0.666. The first-order valence-electron chi connectivity index (χ1n) is 4.69. The maximum Gasteiger partial charge on any atom is 0.411 e. The van der Waals surface area contributed by atoms with Crippen molar-refractivity contribution in [2.45, 2.75) is 19.0 Å². The molecule has 0 radical (unpaired) electrons. The molecule has 0 bridgehead atoms. The summed E-state index contributed by atoms with van der Waals surface area (Å²) in [5, 5.41) is 8.26. The van der Waals surface area contributed by atoms with Crippen molar-refractivity contribution in [1.29, 1.82) is 0 Å². The van der Waals surface area contributed by atoms with E-state index in [1.54, 1.807) is 0 Å². The molecule has 0 amide bonds. The van der Waals surface area contributed by atoms with E-state index in [1.165, 1.54) is 0 Å². The third kappa shape index (κ3) is 11.4. The van der Waals surface area contributed by atoms with Gasteiger partial charge in [0, 0.05) is 6.61 Å². The van der Waals surface area contributed by atoms with Gasteiger partial charge in [-0.2, -0.15) is 13.2 Å². The second-order valence-electron chi connectivity index (χ2n) is 3.32. The van der Waals surface area contributed by atoms with E-state index in [-0.39, 0.29) is 18.8 Å². The first-order chi connectivity index (χ1) is 7.62. The molecular formula is C8H13F3O5S. The molecule has 5 nitrogen and oxygen atoms in total. The summed E-state index contributed by atoms with van der Waals surface area (Å²) in [6, 6.07) is 0. The summed E-state index contributed by atoms with van der Waals surface area (Å²) in [5.74, 6) is -2.12. The highest BCUT2D eigenvalue weighted by Gasteiger charge is 2.27. The van der Waals surface area contributed by atoms with Crippen molar-refractivity contribution in [3.8, 4) is 0 Å². The SMILES string of the molecule is O=C(O)CCS(=O)(=O)CCCOCC(F)(F)F. The summed E-state index contributed by atoms with van der Waals surface area (Å²) >= 11 is 0. The Bertz CT molecular complexity index is 336. The molecule has 0 saturated carbocycles. The van der Waals surface area contributed by atoms with Crippen LogP contribution in [0.2, 0.25) is 0 Å².